The topological polar surface area (TPSA) is 66.5 Å². The van der Waals surface area contributed by atoms with Crippen LogP contribution in [0.2, 0.25) is 5.02 Å². The predicted molar refractivity (Wildman–Crippen MR) is 96.3 cm³/mol. The van der Waals surface area contributed by atoms with E-state index in [9.17, 15) is 13.2 Å². The van der Waals surface area contributed by atoms with Gasteiger partial charge in [-0.1, -0.05) is 11.6 Å². The summed E-state index contributed by atoms with van der Waals surface area (Å²) in [5.74, 6) is -0.245. The van der Waals surface area contributed by atoms with Gasteiger partial charge in [-0.25, -0.2) is 8.42 Å². The Hall–Kier alpha value is -2.05. The number of rotatable bonds is 3. The van der Waals surface area contributed by atoms with Gasteiger partial charge in [-0.15, -0.1) is 0 Å². The van der Waals surface area contributed by atoms with E-state index in [2.05, 4.69) is 5.32 Å². The second-order valence-corrected chi connectivity index (χ2v) is 8.21. The molecule has 1 amide bonds. The van der Waals surface area contributed by atoms with Gasteiger partial charge in [0.05, 0.1) is 11.9 Å². The van der Waals surface area contributed by atoms with Crippen molar-refractivity contribution < 1.29 is 13.2 Å². The van der Waals surface area contributed by atoms with Crippen LogP contribution >= 0.6 is 11.6 Å². The molecular weight excluding hydrogens is 348 g/mol. The number of benzene rings is 2. The van der Waals surface area contributed by atoms with Crippen molar-refractivity contribution in [2.45, 2.75) is 19.4 Å². The first-order valence-corrected chi connectivity index (χ1v) is 9.67. The molecule has 7 heteroatoms. The third kappa shape index (κ3) is 3.25. The Kier molecular flexibility index (Phi) is 4.27. The van der Waals surface area contributed by atoms with Crippen LogP contribution in [0.3, 0.4) is 0 Å². The number of amides is 1. The summed E-state index contributed by atoms with van der Waals surface area (Å²) in [6, 6.07) is 11.8. The first-order valence-electron chi connectivity index (χ1n) is 7.45. The van der Waals surface area contributed by atoms with Gasteiger partial charge in [-0.05, 0) is 61.4 Å². The van der Waals surface area contributed by atoms with Gasteiger partial charge in [-0.2, -0.15) is 0 Å². The monoisotopic (exact) mass is 364 g/mol. The lowest BCUT2D eigenvalue weighted by Crippen LogP contribution is -2.34. The van der Waals surface area contributed by atoms with Gasteiger partial charge in [0.2, 0.25) is 10.0 Å². The zero-order chi connectivity index (χ0) is 17.5. The summed E-state index contributed by atoms with van der Waals surface area (Å²) >= 11 is 5.83. The van der Waals surface area contributed by atoms with Crippen LogP contribution in [-0.2, 0) is 16.4 Å². The molecule has 0 radical (unpaired) electrons. The van der Waals surface area contributed by atoms with Crippen LogP contribution in [0.1, 0.15) is 22.8 Å². The molecule has 0 bridgehead atoms. The molecule has 1 aliphatic rings. The molecular formula is C17H17ClN2O3S. The fraction of sp³-hybridized carbons (Fsp3) is 0.235. The number of carbonyl (C=O) groups excluding carboxylic acids is 1. The quantitative estimate of drug-likeness (QED) is 0.908. The van der Waals surface area contributed by atoms with Crippen molar-refractivity contribution in [2.24, 2.45) is 0 Å². The molecule has 1 aliphatic heterocycles. The molecule has 1 heterocycles. The Balaban J connectivity index is 1.86. The van der Waals surface area contributed by atoms with Crippen LogP contribution in [0, 0.1) is 0 Å². The van der Waals surface area contributed by atoms with Crippen LogP contribution in [0.4, 0.5) is 11.4 Å². The van der Waals surface area contributed by atoms with Crippen LogP contribution in [0.15, 0.2) is 42.5 Å². The minimum atomic E-state index is -3.33. The first-order chi connectivity index (χ1) is 11.3. The summed E-state index contributed by atoms with van der Waals surface area (Å²) < 4.78 is 25.3. The molecule has 0 spiro atoms. The average molecular weight is 365 g/mol. The summed E-state index contributed by atoms with van der Waals surface area (Å²) in [7, 11) is -3.33. The summed E-state index contributed by atoms with van der Waals surface area (Å²) in [4.78, 5) is 12.4. The zero-order valence-electron chi connectivity index (χ0n) is 13.3. The van der Waals surface area contributed by atoms with Crippen LogP contribution in [0.25, 0.3) is 0 Å². The van der Waals surface area contributed by atoms with Crippen molar-refractivity contribution in [3.8, 4) is 0 Å². The van der Waals surface area contributed by atoms with Crippen LogP contribution in [-0.4, -0.2) is 26.6 Å². The van der Waals surface area contributed by atoms with Gasteiger partial charge < -0.3 is 5.32 Å². The summed E-state index contributed by atoms with van der Waals surface area (Å²) in [5.41, 5.74) is 2.65. The van der Waals surface area contributed by atoms with Crippen LogP contribution in [0.5, 0.6) is 0 Å². The van der Waals surface area contributed by atoms with Gasteiger partial charge in [-0.3, -0.25) is 9.10 Å². The Morgan fingerprint density at radius 3 is 2.50 bits per heavy atom. The molecule has 0 fully saturated rings. The SMILES string of the molecule is C[C@@H]1Cc2cc(C(=O)Nc3ccc(Cl)cc3)ccc2N1S(C)(=O)=O. The smallest absolute Gasteiger partial charge is 0.255 e. The van der Waals surface area contributed by atoms with Gasteiger partial charge in [0.25, 0.3) is 5.91 Å². The number of nitrogens with one attached hydrogen (secondary N) is 1. The van der Waals surface area contributed by atoms with E-state index < -0.39 is 10.0 Å². The number of nitrogens with zero attached hydrogens (tertiary/aromatic N) is 1. The molecule has 24 heavy (non-hydrogen) atoms. The molecule has 0 saturated heterocycles. The van der Waals surface area contributed by atoms with E-state index in [1.54, 1.807) is 42.5 Å². The normalized spacial score (nSPS) is 16.8. The van der Waals surface area contributed by atoms with Crippen molar-refractivity contribution in [2.75, 3.05) is 15.9 Å². The second kappa shape index (κ2) is 6.11. The highest BCUT2D eigenvalue weighted by atomic mass is 35.5. The molecule has 2 aromatic rings. The molecule has 0 aromatic heterocycles. The Morgan fingerprint density at radius 2 is 1.88 bits per heavy atom. The molecule has 2 aromatic carbocycles. The van der Waals surface area contributed by atoms with E-state index >= 15 is 0 Å². The van der Waals surface area contributed by atoms with Crippen LogP contribution < -0.4 is 9.62 Å². The van der Waals surface area contributed by atoms with E-state index in [-0.39, 0.29) is 11.9 Å². The van der Waals surface area contributed by atoms with Gasteiger partial charge in [0.15, 0.2) is 0 Å². The minimum absolute atomic E-state index is 0.149. The van der Waals surface area contributed by atoms with E-state index in [1.807, 2.05) is 6.92 Å². The largest absolute Gasteiger partial charge is 0.322 e. The van der Waals surface area contributed by atoms with Gasteiger partial charge in [0.1, 0.15) is 0 Å². The van der Waals surface area contributed by atoms with E-state index in [4.69, 9.17) is 11.6 Å². The molecule has 1 N–H and O–H groups in total. The highest BCUT2D eigenvalue weighted by Crippen LogP contribution is 2.34. The van der Waals surface area contributed by atoms with Crippen molar-refractivity contribution in [3.05, 3.63) is 58.6 Å². The maximum atomic E-state index is 12.4. The number of carbonyl (C=O) groups is 1. The third-order valence-corrected chi connectivity index (χ3v) is 5.48. The molecule has 0 aliphatic carbocycles. The third-order valence-electron chi connectivity index (χ3n) is 3.95. The van der Waals surface area contributed by atoms with Crippen molar-refractivity contribution >= 4 is 38.9 Å². The predicted octanol–water partition coefficient (Wildman–Crippen LogP) is 3.30. The summed E-state index contributed by atoms with van der Waals surface area (Å²) in [6.45, 7) is 1.86. The Bertz CT molecular complexity index is 895. The van der Waals surface area contributed by atoms with Gasteiger partial charge in [0, 0.05) is 22.3 Å². The number of fused-ring (bicyclic) bond motifs is 1. The number of halogens is 1. The first kappa shape index (κ1) is 16.8. The number of anilines is 2. The van der Waals surface area contributed by atoms with E-state index in [0.717, 1.165) is 5.56 Å². The molecule has 1 atom stereocenters. The molecule has 5 nitrogen and oxygen atoms in total. The lowest BCUT2D eigenvalue weighted by atomic mass is 10.1. The standard InChI is InChI=1S/C17H17ClN2O3S/c1-11-9-13-10-12(3-8-16(13)20(11)24(2,22)23)17(21)19-15-6-4-14(18)5-7-15/h3-8,10-11H,9H2,1-2H3,(H,19,21)/t11-/m1/s1. The molecule has 0 unspecified atom stereocenters. The number of hydrogen-bond acceptors (Lipinski definition) is 3. The summed E-state index contributed by atoms with van der Waals surface area (Å²) in [5, 5.41) is 3.40. The second-order valence-electron chi connectivity index (χ2n) is 5.92. The number of hydrogen-bond donors (Lipinski definition) is 1. The van der Waals surface area contributed by atoms with Crippen molar-refractivity contribution in [3.63, 3.8) is 0 Å². The maximum absolute atomic E-state index is 12.4. The Labute approximate surface area is 146 Å². The fourth-order valence-electron chi connectivity index (χ4n) is 2.99. The maximum Gasteiger partial charge on any atom is 0.255 e. The molecule has 126 valence electrons. The van der Waals surface area contributed by atoms with E-state index in [0.29, 0.717) is 28.4 Å². The Morgan fingerprint density at radius 1 is 1.21 bits per heavy atom. The molecule has 0 saturated carbocycles. The lowest BCUT2D eigenvalue weighted by molar-refractivity contribution is 0.102. The average Bonchev–Trinajstić information content (AvgIpc) is 2.84. The van der Waals surface area contributed by atoms with Crippen molar-refractivity contribution in [1.82, 2.24) is 0 Å². The highest BCUT2D eigenvalue weighted by Gasteiger charge is 2.32. The summed E-state index contributed by atoms with van der Waals surface area (Å²) in [6.07, 6.45) is 1.78. The lowest BCUT2D eigenvalue weighted by Gasteiger charge is -2.21. The fourth-order valence-corrected chi connectivity index (χ4v) is 4.38. The van der Waals surface area contributed by atoms with E-state index in [1.165, 1.54) is 10.6 Å². The minimum Gasteiger partial charge on any atom is -0.322 e. The van der Waals surface area contributed by atoms with Gasteiger partial charge >= 0.3 is 0 Å². The zero-order valence-corrected chi connectivity index (χ0v) is 14.9. The molecule has 3 rings (SSSR count). The highest BCUT2D eigenvalue weighted by molar-refractivity contribution is 7.92. The van der Waals surface area contributed by atoms with Crippen molar-refractivity contribution in [1.29, 1.82) is 0 Å². The number of sulfonamides is 1.